The Hall–Kier alpha value is -2.40. The molecule has 2 aromatic rings. The molecular formula is C22H26N2O2S. The third-order valence-corrected chi connectivity index (χ3v) is 5.62. The van der Waals surface area contributed by atoms with Crippen LogP contribution in [0.2, 0.25) is 0 Å². The minimum Gasteiger partial charge on any atom is -0.338 e. The van der Waals surface area contributed by atoms with Crippen molar-refractivity contribution in [3.8, 4) is 0 Å². The van der Waals surface area contributed by atoms with Crippen molar-refractivity contribution in [2.45, 2.75) is 32.2 Å². The Bertz CT molecular complexity index is 763. The van der Waals surface area contributed by atoms with E-state index in [1.54, 1.807) is 17.4 Å². The fourth-order valence-electron chi connectivity index (χ4n) is 3.49. The summed E-state index contributed by atoms with van der Waals surface area (Å²) in [5.74, 6) is 0.149. The Balaban J connectivity index is 1.59. The third-order valence-electron chi connectivity index (χ3n) is 4.92. The van der Waals surface area contributed by atoms with Gasteiger partial charge in [-0.2, -0.15) is 11.3 Å². The lowest BCUT2D eigenvalue weighted by molar-refractivity contribution is -0.129. The van der Waals surface area contributed by atoms with Gasteiger partial charge in [0, 0.05) is 37.3 Å². The van der Waals surface area contributed by atoms with E-state index in [1.807, 2.05) is 63.0 Å². The van der Waals surface area contributed by atoms with E-state index >= 15 is 0 Å². The zero-order valence-corrected chi connectivity index (χ0v) is 16.5. The van der Waals surface area contributed by atoms with Gasteiger partial charge in [-0.25, -0.2) is 0 Å². The molecule has 2 amide bonds. The van der Waals surface area contributed by atoms with Crippen LogP contribution in [0.1, 0.15) is 42.1 Å². The van der Waals surface area contributed by atoms with Gasteiger partial charge >= 0.3 is 0 Å². The van der Waals surface area contributed by atoms with Crippen molar-refractivity contribution >= 4 is 29.2 Å². The summed E-state index contributed by atoms with van der Waals surface area (Å²) in [6.45, 7) is 4.24. The second-order valence-electron chi connectivity index (χ2n) is 6.81. The van der Waals surface area contributed by atoms with Gasteiger partial charge in [-0.3, -0.25) is 9.59 Å². The predicted molar refractivity (Wildman–Crippen MR) is 111 cm³/mol. The number of benzene rings is 1. The molecule has 0 unspecified atom stereocenters. The molecule has 3 rings (SSSR count). The van der Waals surface area contributed by atoms with Gasteiger partial charge in [0.25, 0.3) is 5.91 Å². The summed E-state index contributed by atoms with van der Waals surface area (Å²) < 4.78 is 0. The zero-order valence-electron chi connectivity index (χ0n) is 15.7. The number of hydrogen-bond donors (Lipinski definition) is 0. The molecule has 1 aromatic carbocycles. The molecule has 1 aromatic heterocycles. The van der Waals surface area contributed by atoms with Crippen LogP contribution in [0.4, 0.5) is 0 Å². The van der Waals surface area contributed by atoms with Crippen molar-refractivity contribution in [2.75, 3.05) is 19.6 Å². The number of piperidine rings is 1. The van der Waals surface area contributed by atoms with Gasteiger partial charge in [-0.05, 0) is 59.9 Å². The Labute approximate surface area is 165 Å². The van der Waals surface area contributed by atoms with E-state index in [1.165, 1.54) is 0 Å². The first-order valence-electron chi connectivity index (χ1n) is 9.54. The summed E-state index contributed by atoms with van der Waals surface area (Å²) in [5.41, 5.74) is 1.80. The number of carbonyl (C=O) groups is 2. The van der Waals surface area contributed by atoms with Crippen molar-refractivity contribution in [3.63, 3.8) is 0 Å². The first kappa shape index (κ1) is 19.4. The molecule has 0 spiro atoms. The summed E-state index contributed by atoms with van der Waals surface area (Å²) >= 11 is 1.63. The Morgan fingerprint density at radius 1 is 1.19 bits per heavy atom. The molecule has 0 aliphatic carbocycles. The Morgan fingerprint density at radius 2 is 1.93 bits per heavy atom. The second-order valence-corrected chi connectivity index (χ2v) is 7.59. The van der Waals surface area contributed by atoms with E-state index in [9.17, 15) is 9.59 Å². The van der Waals surface area contributed by atoms with E-state index in [0.717, 1.165) is 36.9 Å². The average molecular weight is 383 g/mol. The van der Waals surface area contributed by atoms with Gasteiger partial charge in [0.05, 0.1) is 0 Å². The smallest absolute Gasteiger partial charge is 0.253 e. The lowest BCUT2D eigenvalue weighted by atomic mass is 10.0. The molecule has 5 heteroatoms. The molecule has 1 aliphatic rings. The van der Waals surface area contributed by atoms with Crippen LogP contribution in [0, 0.1) is 0 Å². The van der Waals surface area contributed by atoms with Crippen LogP contribution < -0.4 is 0 Å². The molecule has 0 radical (unpaired) electrons. The van der Waals surface area contributed by atoms with Crippen LogP contribution in [0.25, 0.3) is 6.08 Å². The molecule has 0 N–H and O–H groups in total. The lowest BCUT2D eigenvalue weighted by Crippen LogP contribution is -2.48. The number of nitrogens with zero attached hydrogens (tertiary/aromatic N) is 2. The highest BCUT2D eigenvalue weighted by Gasteiger charge is 2.28. The van der Waals surface area contributed by atoms with E-state index < -0.39 is 0 Å². The van der Waals surface area contributed by atoms with Crippen molar-refractivity contribution < 1.29 is 9.59 Å². The molecule has 0 bridgehead atoms. The summed E-state index contributed by atoms with van der Waals surface area (Å²) in [6, 6.07) is 11.6. The normalized spacial score (nSPS) is 15.2. The van der Waals surface area contributed by atoms with Gasteiger partial charge in [0.15, 0.2) is 0 Å². The topological polar surface area (TPSA) is 40.6 Å². The first-order valence-corrected chi connectivity index (χ1v) is 10.5. The van der Waals surface area contributed by atoms with Gasteiger partial charge in [-0.1, -0.05) is 25.1 Å². The van der Waals surface area contributed by atoms with E-state index in [-0.39, 0.29) is 17.9 Å². The summed E-state index contributed by atoms with van der Waals surface area (Å²) in [6.07, 6.45) is 6.16. The number of rotatable bonds is 6. The van der Waals surface area contributed by atoms with Crippen LogP contribution in [0.15, 0.2) is 53.2 Å². The number of likely N-dealkylation sites (tertiary alicyclic amines) is 1. The summed E-state index contributed by atoms with van der Waals surface area (Å²) in [7, 11) is 0. The molecule has 0 atom stereocenters. The number of thiophene rings is 1. The average Bonchev–Trinajstić information content (AvgIpc) is 3.24. The predicted octanol–water partition coefficient (Wildman–Crippen LogP) is 4.30. The van der Waals surface area contributed by atoms with E-state index in [2.05, 4.69) is 6.92 Å². The van der Waals surface area contributed by atoms with Crippen molar-refractivity contribution in [1.82, 2.24) is 9.80 Å². The Morgan fingerprint density at radius 3 is 2.56 bits per heavy atom. The molecule has 2 heterocycles. The number of carbonyl (C=O) groups excluding carboxylic acids is 2. The minimum absolute atomic E-state index is 0.0656. The molecule has 0 saturated carbocycles. The van der Waals surface area contributed by atoms with Gasteiger partial charge in [0.2, 0.25) is 5.91 Å². The van der Waals surface area contributed by atoms with Crippen molar-refractivity contribution in [2.24, 2.45) is 0 Å². The van der Waals surface area contributed by atoms with Crippen LogP contribution >= 0.6 is 11.3 Å². The number of hydrogen-bond acceptors (Lipinski definition) is 3. The molecule has 1 saturated heterocycles. The van der Waals surface area contributed by atoms with Crippen LogP contribution in [0.5, 0.6) is 0 Å². The minimum atomic E-state index is 0.0656. The maximum absolute atomic E-state index is 12.7. The Kier molecular flexibility index (Phi) is 6.82. The quantitative estimate of drug-likeness (QED) is 0.699. The highest BCUT2D eigenvalue weighted by atomic mass is 32.1. The number of amides is 2. The molecule has 142 valence electrons. The maximum Gasteiger partial charge on any atom is 0.253 e. The standard InChI is InChI=1S/C22H26N2O2S/c1-2-13-24(21(25)9-8-18-12-16-27-17-18)20-10-14-23(15-11-20)22(26)19-6-4-3-5-7-19/h3-9,12,16-17,20H,2,10-11,13-15H2,1H3/b9-8+. The van der Waals surface area contributed by atoms with E-state index in [4.69, 9.17) is 0 Å². The molecule has 1 fully saturated rings. The van der Waals surface area contributed by atoms with Crippen LogP contribution in [-0.2, 0) is 4.79 Å². The highest BCUT2D eigenvalue weighted by molar-refractivity contribution is 7.08. The SMILES string of the molecule is CCCN(C(=O)/C=C/c1ccsc1)C1CCN(C(=O)c2ccccc2)CC1. The van der Waals surface area contributed by atoms with Crippen LogP contribution in [0.3, 0.4) is 0 Å². The second kappa shape index (κ2) is 9.51. The zero-order chi connectivity index (χ0) is 19.1. The lowest BCUT2D eigenvalue weighted by Gasteiger charge is -2.38. The summed E-state index contributed by atoms with van der Waals surface area (Å²) in [5, 5.41) is 4.04. The molecular weight excluding hydrogens is 356 g/mol. The largest absolute Gasteiger partial charge is 0.338 e. The van der Waals surface area contributed by atoms with Crippen LogP contribution in [-0.4, -0.2) is 47.3 Å². The highest BCUT2D eigenvalue weighted by Crippen LogP contribution is 2.20. The monoisotopic (exact) mass is 382 g/mol. The van der Waals surface area contributed by atoms with Gasteiger partial charge < -0.3 is 9.80 Å². The molecule has 27 heavy (non-hydrogen) atoms. The van der Waals surface area contributed by atoms with Gasteiger partial charge in [-0.15, -0.1) is 0 Å². The maximum atomic E-state index is 12.7. The first-order chi connectivity index (χ1) is 13.2. The van der Waals surface area contributed by atoms with Crippen molar-refractivity contribution in [3.05, 3.63) is 64.4 Å². The van der Waals surface area contributed by atoms with Crippen molar-refractivity contribution in [1.29, 1.82) is 0 Å². The molecule has 1 aliphatic heterocycles. The van der Waals surface area contributed by atoms with E-state index in [0.29, 0.717) is 13.1 Å². The third kappa shape index (κ3) is 5.07. The van der Waals surface area contributed by atoms with Gasteiger partial charge in [0.1, 0.15) is 0 Å². The fraction of sp³-hybridized carbons (Fsp3) is 0.364. The summed E-state index contributed by atoms with van der Waals surface area (Å²) in [4.78, 5) is 29.2. The fourth-order valence-corrected chi connectivity index (χ4v) is 4.12. The molecule has 4 nitrogen and oxygen atoms in total.